The van der Waals surface area contributed by atoms with Gasteiger partial charge in [-0.05, 0) is 32.1 Å². The van der Waals surface area contributed by atoms with Crippen molar-refractivity contribution in [2.75, 3.05) is 26.7 Å². The Hall–Kier alpha value is -1.89. The van der Waals surface area contributed by atoms with Gasteiger partial charge in [0.1, 0.15) is 5.76 Å². The number of aromatic nitrogens is 1. The molecule has 0 aliphatic carbocycles. The number of carbonyl (C=O) groups excluding carboxylic acids is 2. The summed E-state index contributed by atoms with van der Waals surface area (Å²) in [4.78, 5) is 28.8. The molecule has 2 amide bonds. The molecule has 0 radical (unpaired) electrons. The summed E-state index contributed by atoms with van der Waals surface area (Å²) in [5, 5.41) is 4.01. The van der Waals surface area contributed by atoms with Crippen molar-refractivity contribution in [3.63, 3.8) is 0 Å². The van der Waals surface area contributed by atoms with Gasteiger partial charge in [-0.3, -0.25) is 9.59 Å². The fourth-order valence-corrected chi connectivity index (χ4v) is 4.12. The Bertz CT molecular complexity index is 642. The van der Waals surface area contributed by atoms with Crippen LogP contribution in [0.3, 0.4) is 0 Å². The zero-order valence-corrected chi connectivity index (χ0v) is 15.3. The number of fused-ring (bicyclic) bond motifs is 1. The first-order valence-corrected chi connectivity index (χ1v) is 9.03. The largest absolute Gasteiger partial charge is 0.380 e. The number of ether oxygens (including phenoxy) is 1. The first-order chi connectivity index (χ1) is 12.0. The smallest absolute Gasteiger partial charge is 0.276 e. The number of nitrogens with zero attached hydrogens (tertiary/aromatic N) is 3. The molecule has 2 atom stereocenters. The zero-order valence-electron chi connectivity index (χ0n) is 15.3. The van der Waals surface area contributed by atoms with Gasteiger partial charge in [-0.15, -0.1) is 0 Å². The normalized spacial score (nSPS) is 24.0. The maximum atomic E-state index is 13.2. The van der Waals surface area contributed by atoms with Gasteiger partial charge < -0.3 is 19.1 Å². The SMILES string of the molecule is COCc1c(C(=O)N2CCCC[C@H]3CN(C(C)=O)CC[C@H]32)noc1C. The summed E-state index contributed by atoms with van der Waals surface area (Å²) in [7, 11) is 1.60. The molecule has 0 aromatic carbocycles. The number of aryl methyl sites for hydroxylation is 1. The molecule has 2 aliphatic rings. The molecule has 0 unspecified atom stereocenters. The molecule has 2 aliphatic heterocycles. The highest BCUT2D eigenvalue weighted by Gasteiger charge is 2.39. The van der Waals surface area contributed by atoms with E-state index in [-0.39, 0.29) is 17.9 Å². The van der Waals surface area contributed by atoms with E-state index in [9.17, 15) is 9.59 Å². The topological polar surface area (TPSA) is 75.9 Å². The van der Waals surface area contributed by atoms with Gasteiger partial charge in [0.2, 0.25) is 5.91 Å². The average Bonchev–Trinajstić information content (AvgIpc) is 2.83. The molecule has 0 N–H and O–H groups in total. The summed E-state index contributed by atoms with van der Waals surface area (Å²) in [6, 6.07) is 0.165. The maximum Gasteiger partial charge on any atom is 0.276 e. The number of carbonyl (C=O) groups is 2. The molecule has 2 saturated heterocycles. The lowest BCUT2D eigenvalue weighted by atomic mass is 9.88. The first-order valence-electron chi connectivity index (χ1n) is 9.03. The number of amides is 2. The quantitative estimate of drug-likeness (QED) is 0.834. The summed E-state index contributed by atoms with van der Waals surface area (Å²) in [6.07, 6.45) is 3.95. The molecule has 3 heterocycles. The predicted molar refractivity (Wildman–Crippen MR) is 91.0 cm³/mol. The fourth-order valence-electron chi connectivity index (χ4n) is 4.12. The van der Waals surface area contributed by atoms with Gasteiger partial charge in [-0.25, -0.2) is 0 Å². The van der Waals surface area contributed by atoms with Crippen molar-refractivity contribution in [1.82, 2.24) is 15.0 Å². The van der Waals surface area contributed by atoms with Crippen molar-refractivity contribution in [2.45, 2.75) is 52.2 Å². The van der Waals surface area contributed by atoms with Gasteiger partial charge in [-0.1, -0.05) is 11.6 Å². The van der Waals surface area contributed by atoms with E-state index >= 15 is 0 Å². The van der Waals surface area contributed by atoms with Crippen molar-refractivity contribution >= 4 is 11.8 Å². The second-order valence-corrected chi connectivity index (χ2v) is 7.07. The zero-order chi connectivity index (χ0) is 18.0. The Morgan fingerprint density at radius 2 is 2.08 bits per heavy atom. The predicted octanol–water partition coefficient (Wildman–Crippen LogP) is 1.99. The number of hydrogen-bond acceptors (Lipinski definition) is 5. The number of rotatable bonds is 3. The molecule has 138 valence electrons. The van der Waals surface area contributed by atoms with E-state index in [0.717, 1.165) is 44.3 Å². The summed E-state index contributed by atoms with van der Waals surface area (Å²) >= 11 is 0. The highest BCUT2D eigenvalue weighted by molar-refractivity contribution is 5.94. The first kappa shape index (κ1) is 17.9. The molecular weight excluding hydrogens is 322 g/mol. The maximum absolute atomic E-state index is 13.2. The lowest BCUT2D eigenvalue weighted by Crippen LogP contribution is -2.53. The average molecular weight is 349 g/mol. The molecule has 3 rings (SSSR count). The second kappa shape index (κ2) is 7.56. The van der Waals surface area contributed by atoms with Crippen molar-refractivity contribution in [1.29, 1.82) is 0 Å². The van der Waals surface area contributed by atoms with E-state index in [0.29, 0.717) is 30.5 Å². The highest BCUT2D eigenvalue weighted by Crippen LogP contribution is 2.31. The minimum Gasteiger partial charge on any atom is -0.380 e. The van der Waals surface area contributed by atoms with Crippen LogP contribution in [0.25, 0.3) is 0 Å². The third kappa shape index (κ3) is 3.56. The van der Waals surface area contributed by atoms with E-state index in [1.165, 1.54) is 0 Å². The number of hydrogen-bond donors (Lipinski definition) is 0. The Balaban J connectivity index is 1.83. The molecule has 2 fully saturated rings. The lowest BCUT2D eigenvalue weighted by Gasteiger charge is -2.42. The van der Waals surface area contributed by atoms with Crippen molar-refractivity contribution in [3.05, 3.63) is 17.0 Å². The Kier molecular flexibility index (Phi) is 5.42. The van der Waals surface area contributed by atoms with Crippen LogP contribution in [0, 0.1) is 12.8 Å². The number of piperidine rings is 1. The molecule has 0 spiro atoms. The van der Waals surface area contributed by atoms with E-state index in [2.05, 4.69) is 5.16 Å². The van der Waals surface area contributed by atoms with Crippen LogP contribution in [0.15, 0.2) is 4.52 Å². The van der Waals surface area contributed by atoms with Crippen LogP contribution >= 0.6 is 0 Å². The minimum absolute atomic E-state index is 0.0722. The van der Waals surface area contributed by atoms with Gasteiger partial charge in [0.25, 0.3) is 5.91 Å². The van der Waals surface area contributed by atoms with Crippen LogP contribution in [0.5, 0.6) is 0 Å². The molecule has 1 aromatic heterocycles. The van der Waals surface area contributed by atoms with Gasteiger partial charge in [0.15, 0.2) is 5.69 Å². The molecule has 7 heteroatoms. The van der Waals surface area contributed by atoms with Gasteiger partial charge in [0.05, 0.1) is 12.2 Å². The lowest BCUT2D eigenvalue weighted by molar-refractivity contribution is -0.131. The Morgan fingerprint density at radius 3 is 2.80 bits per heavy atom. The highest BCUT2D eigenvalue weighted by atomic mass is 16.5. The van der Waals surface area contributed by atoms with Crippen LogP contribution in [0.1, 0.15) is 54.4 Å². The van der Waals surface area contributed by atoms with Crippen LogP contribution in [-0.4, -0.2) is 59.6 Å². The molecular formula is C18H27N3O4. The minimum atomic E-state index is -0.0722. The molecule has 0 bridgehead atoms. The van der Waals surface area contributed by atoms with Crippen LogP contribution in [-0.2, 0) is 16.1 Å². The molecule has 25 heavy (non-hydrogen) atoms. The summed E-state index contributed by atoms with van der Waals surface area (Å²) in [5.74, 6) is 1.01. The third-order valence-electron chi connectivity index (χ3n) is 5.50. The molecule has 7 nitrogen and oxygen atoms in total. The standard InChI is InChI=1S/C18H27N3O4/c1-12-15(11-24-3)17(19-25-12)18(23)21-8-5-4-6-14-10-20(13(2)22)9-7-16(14)21/h14,16H,4-11H2,1-3H3/t14-,16+/m0/s1. The van der Waals surface area contributed by atoms with Crippen LogP contribution < -0.4 is 0 Å². The Morgan fingerprint density at radius 1 is 1.28 bits per heavy atom. The van der Waals surface area contributed by atoms with Crippen molar-refractivity contribution in [2.24, 2.45) is 5.92 Å². The van der Waals surface area contributed by atoms with Crippen LogP contribution in [0.4, 0.5) is 0 Å². The van der Waals surface area contributed by atoms with Gasteiger partial charge >= 0.3 is 0 Å². The second-order valence-electron chi connectivity index (χ2n) is 7.07. The van der Waals surface area contributed by atoms with E-state index in [1.807, 2.05) is 9.80 Å². The Labute approximate surface area is 148 Å². The van der Waals surface area contributed by atoms with E-state index < -0.39 is 0 Å². The number of methoxy groups -OCH3 is 1. The third-order valence-corrected chi connectivity index (χ3v) is 5.50. The molecule has 0 saturated carbocycles. The van der Waals surface area contributed by atoms with E-state index in [4.69, 9.17) is 9.26 Å². The van der Waals surface area contributed by atoms with Crippen LogP contribution in [0.2, 0.25) is 0 Å². The van der Waals surface area contributed by atoms with Crippen molar-refractivity contribution in [3.8, 4) is 0 Å². The fraction of sp³-hybridized carbons (Fsp3) is 0.722. The summed E-state index contributed by atoms with van der Waals surface area (Å²) in [5.41, 5.74) is 1.10. The van der Waals surface area contributed by atoms with E-state index in [1.54, 1.807) is 21.0 Å². The number of likely N-dealkylation sites (tertiary alicyclic amines) is 2. The summed E-state index contributed by atoms with van der Waals surface area (Å²) < 4.78 is 10.4. The van der Waals surface area contributed by atoms with Gasteiger partial charge in [0, 0.05) is 39.7 Å². The van der Waals surface area contributed by atoms with Gasteiger partial charge in [-0.2, -0.15) is 0 Å². The monoisotopic (exact) mass is 349 g/mol. The summed E-state index contributed by atoms with van der Waals surface area (Å²) in [6.45, 7) is 5.92. The van der Waals surface area contributed by atoms with Crippen molar-refractivity contribution < 1.29 is 18.8 Å². The molecule has 1 aromatic rings.